The minimum Gasteiger partial charge on any atom is -0.496 e. The molecule has 0 spiro atoms. The van der Waals surface area contributed by atoms with Crippen molar-refractivity contribution < 1.29 is 4.74 Å². The van der Waals surface area contributed by atoms with Crippen LogP contribution in [-0.4, -0.2) is 11.7 Å². The third-order valence-electron chi connectivity index (χ3n) is 4.83. The second kappa shape index (κ2) is 5.49. The van der Waals surface area contributed by atoms with E-state index >= 15 is 0 Å². The number of rotatable bonds is 3. The van der Waals surface area contributed by atoms with Gasteiger partial charge < -0.3 is 10.5 Å². The first-order valence-corrected chi connectivity index (χ1v) is 8.22. The van der Waals surface area contributed by atoms with Crippen LogP contribution in [0.3, 0.4) is 0 Å². The summed E-state index contributed by atoms with van der Waals surface area (Å²) in [4.78, 5) is 13.4. The zero-order valence-corrected chi connectivity index (χ0v) is 13.9. The van der Waals surface area contributed by atoms with Gasteiger partial charge in [0.2, 0.25) is 0 Å². The van der Waals surface area contributed by atoms with Crippen LogP contribution in [0.5, 0.6) is 5.75 Å². The SMILES string of the molecule is COc1ccc2c3c(c(C(C)N)n(-c4ccccc4)c(=O)c13)CC2. The van der Waals surface area contributed by atoms with Crippen LogP contribution in [0.4, 0.5) is 0 Å². The number of pyridine rings is 1. The molecule has 0 radical (unpaired) electrons. The monoisotopic (exact) mass is 320 g/mol. The summed E-state index contributed by atoms with van der Waals surface area (Å²) in [5.41, 5.74) is 10.4. The highest BCUT2D eigenvalue weighted by molar-refractivity contribution is 5.95. The predicted molar refractivity (Wildman–Crippen MR) is 96.1 cm³/mol. The quantitative estimate of drug-likeness (QED) is 0.806. The van der Waals surface area contributed by atoms with Crippen molar-refractivity contribution in [1.29, 1.82) is 0 Å². The van der Waals surface area contributed by atoms with E-state index in [0.29, 0.717) is 11.1 Å². The highest BCUT2D eigenvalue weighted by Gasteiger charge is 2.27. The third-order valence-corrected chi connectivity index (χ3v) is 4.83. The molecule has 0 aliphatic heterocycles. The Hall–Kier alpha value is -2.59. The molecule has 0 fully saturated rings. The van der Waals surface area contributed by atoms with Crippen LogP contribution in [0.25, 0.3) is 16.5 Å². The summed E-state index contributed by atoms with van der Waals surface area (Å²) in [7, 11) is 1.61. The van der Waals surface area contributed by atoms with E-state index in [1.807, 2.05) is 43.3 Å². The highest BCUT2D eigenvalue weighted by atomic mass is 16.5. The topological polar surface area (TPSA) is 57.2 Å². The molecule has 24 heavy (non-hydrogen) atoms. The average Bonchev–Trinajstić information content (AvgIpc) is 3.02. The zero-order chi connectivity index (χ0) is 16.8. The molecule has 1 atom stereocenters. The molecule has 4 heteroatoms. The Morgan fingerprint density at radius 2 is 1.83 bits per heavy atom. The number of para-hydroxylation sites is 1. The lowest BCUT2D eigenvalue weighted by molar-refractivity contribution is 0.419. The fraction of sp³-hybridized carbons (Fsp3) is 0.250. The van der Waals surface area contributed by atoms with Gasteiger partial charge in [-0.2, -0.15) is 0 Å². The van der Waals surface area contributed by atoms with Gasteiger partial charge in [-0.15, -0.1) is 0 Å². The van der Waals surface area contributed by atoms with Gasteiger partial charge in [-0.3, -0.25) is 9.36 Å². The van der Waals surface area contributed by atoms with Crippen molar-refractivity contribution in [2.45, 2.75) is 25.8 Å². The van der Waals surface area contributed by atoms with Crippen molar-refractivity contribution in [1.82, 2.24) is 4.57 Å². The average molecular weight is 320 g/mol. The summed E-state index contributed by atoms with van der Waals surface area (Å²) >= 11 is 0. The lowest BCUT2D eigenvalue weighted by Gasteiger charge is -2.21. The Labute approximate surface area is 140 Å². The maximum Gasteiger partial charge on any atom is 0.267 e. The number of benzene rings is 2. The minimum absolute atomic E-state index is 0.0622. The molecule has 0 amide bonds. The van der Waals surface area contributed by atoms with Crippen molar-refractivity contribution >= 4 is 10.8 Å². The summed E-state index contributed by atoms with van der Waals surface area (Å²) in [6, 6.07) is 13.4. The number of aryl methyl sites for hydroxylation is 2. The molecule has 0 saturated heterocycles. The Morgan fingerprint density at radius 3 is 2.50 bits per heavy atom. The van der Waals surface area contributed by atoms with Gasteiger partial charge >= 0.3 is 0 Å². The van der Waals surface area contributed by atoms with Crippen LogP contribution in [0, 0.1) is 0 Å². The molecule has 0 bridgehead atoms. The second-order valence-electron chi connectivity index (χ2n) is 6.31. The number of hydrogen-bond acceptors (Lipinski definition) is 3. The largest absolute Gasteiger partial charge is 0.496 e. The fourth-order valence-corrected chi connectivity index (χ4v) is 3.87. The number of methoxy groups -OCH3 is 1. The van der Waals surface area contributed by atoms with Gasteiger partial charge in [0, 0.05) is 17.4 Å². The summed E-state index contributed by atoms with van der Waals surface area (Å²) < 4.78 is 7.26. The van der Waals surface area contributed by atoms with Crippen LogP contribution in [0.15, 0.2) is 47.3 Å². The normalized spacial score (nSPS) is 14.1. The van der Waals surface area contributed by atoms with Gasteiger partial charge in [0.15, 0.2) is 0 Å². The lowest BCUT2D eigenvalue weighted by atomic mass is 10.0. The van der Waals surface area contributed by atoms with Crippen LogP contribution in [0.2, 0.25) is 0 Å². The van der Waals surface area contributed by atoms with Crippen molar-refractivity contribution in [3.63, 3.8) is 0 Å². The van der Waals surface area contributed by atoms with Crippen LogP contribution in [-0.2, 0) is 12.8 Å². The molecule has 0 saturated carbocycles. The standard InChI is InChI=1S/C20H20N2O2/c1-12(21)19-15-10-8-13-9-11-16(24-2)18(17(13)15)20(23)22(19)14-6-4-3-5-7-14/h3-7,9,11-12H,8,10,21H2,1-2H3. The molecule has 1 heterocycles. The Morgan fingerprint density at radius 1 is 1.08 bits per heavy atom. The maximum atomic E-state index is 13.4. The molecule has 122 valence electrons. The molecule has 1 aliphatic rings. The highest BCUT2D eigenvalue weighted by Crippen LogP contribution is 2.38. The van der Waals surface area contributed by atoms with E-state index in [2.05, 4.69) is 6.07 Å². The first-order valence-electron chi connectivity index (χ1n) is 8.22. The van der Waals surface area contributed by atoms with Gasteiger partial charge in [-0.1, -0.05) is 24.3 Å². The Kier molecular flexibility index (Phi) is 3.43. The van der Waals surface area contributed by atoms with E-state index in [9.17, 15) is 4.79 Å². The van der Waals surface area contributed by atoms with Crippen LogP contribution >= 0.6 is 0 Å². The van der Waals surface area contributed by atoms with Crippen molar-refractivity contribution in [2.24, 2.45) is 5.73 Å². The fourth-order valence-electron chi connectivity index (χ4n) is 3.87. The predicted octanol–water partition coefficient (Wildman–Crippen LogP) is 3.12. The van der Waals surface area contributed by atoms with Crippen molar-refractivity contribution in [3.05, 3.63) is 69.6 Å². The van der Waals surface area contributed by atoms with Gasteiger partial charge in [-0.05, 0) is 54.5 Å². The van der Waals surface area contributed by atoms with E-state index in [1.165, 1.54) is 11.1 Å². The van der Waals surface area contributed by atoms with Gasteiger partial charge in [0.1, 0.15) is 5.75 Å². The zero-order valence-electron chi connectivity index (χ0n) is 13.9. The summed E-state index contributed by atoms with van der Waals surface area (Å²) in [6.07, 6.45) is 1.84. The molecule has 1 aliphatic carbocycles. The first-order chi connectivity index (χ1) is 11.6. The van der Waals surface area contributed by atoms with E-state index in [4.69, 9.17) is 10.5 Å². The summed E-state index contributed by atoms with van der Waals surface area (Å²) in [6.45, 7) is 1.94. The van der Waals surface area contributed by atoms with E-state index in [1.54, 1.807) is 11.7 Å². The summed E-state index contributed by atoms with van der Waals surface area (Å²) in [5, 5.41) is 1.70. The van der Waals surface area contributed by atoms with E-state index < -0.39 is 0 Å². The first kappa shape index (κ1) is 15.0. The third kappa shape index (κ3) is 2.00. The van der Waals surface area contributed by atoms with E-state index in [-0.39, 0.29) is 11.6 Å². The molecule has 1 aromatic heterocycles. The molecule has 3 aromatic rings. The van der Waals surface area contributed by atoms with E-state index in [0.717, 1.165) is 29.6 Å². The van der Waals surface area contributed by atoms with Gasteiger partial charge in [0.05, 0.1) is 12.5 Å². The smallest absolute Gasteiger partial charge is 0.267 e. The Bertz CT molecular complexity index is 988. The van der Waals surface area contributed by atoms with Crippen LogP contribution in [0.1, 0.15) is 29.8 Å². The molecule has 4 rings (SSSR count). The number of nitrogens with two attached hydrogens (primary N) is 1. The number of hydrogen-bond donors (Lipinski definition) is 1. The Balaban J connectivity index is 2.23. The number of nitrogens with zero attached hydrogens (tertiary/aromatic N) is 1. The molecule has 1 unspecified atom stereocenters. The molecular weight excluding hydrogens is 300 g/mol. The lowest BCUT2D eigenvalue weighted by Crippen LogP contribution is -2.27. The van der Waals surface area contributed by atoms with Gasteiger partial charge in [-0.25, -0.2) is 0 Å². The molecule has 2 aromatic carbocycles. The van der Waals surface area contributed by atoms with Crippen LogP contribution < -0.4 is 16.0 Å². The minimum atomic E-state index is -0.227. The number of ether oxygens (including phenoxy) is 1. The molecule has 2 N–H and O–H groups in total. The molecule has 4 nitrogen and oxygen atoms in total. The maximum absolute atomic E-state index is 13.4. The second-order valence-corrected chi connectivity index (χ2v) is 6.31. The number of aromatic nitrogens is 1. The summed E-state index contributed by atoms with van der Waals surface area (Å²) in [5.74, 6) is 0.628. The van der Waals surface area contributed by atoms with Gasteiger partial charge in [0.25, 0.3) is 5.56 Å². The molecular formula is C20H20N2O2. The van der Waals surface area contributed by atoms with Crippen molar-refractivity contribution in [3.8, 4) is 11.4 Å². The van der Waals surface area contributed by atoms with Crippen molar-refractivity contribution in [2.75, 3.05) is 7.11 Å².